The highest BCUT2D eigenvalue weighted by atomic mass is 32.1. The number of hydrogen-bond acceptors (Lipinski definition) is 5. The Hall–Kier alpha value is -3.06. The number of fused-ring (bicyclic) bond motifs is 1. The number of para-hydroxylation sites is 1. The Morgan fingerprint density at radius 1 is 1.21 bits per heavy atom. The molecule has 3 heterocycles. The van der Waals surface area contributed by atoms with Crippen LogP contribution in [0.3, 0.4) is 0 Å². The van der Waals surface area contributed by atoms with Crippen LogP contribution in [0.25, 0.3) is 10.2 Å². The molecule has 0 saturated carbocycles. The summed E-state index contributed by atoms with van der Waals surface area (Å²) in [5, 5.41) is 5.04. The molecule has 0 N–H and O–H groups in total. The van der Waals surface area contributed by atoms with Crippen LogP contribution in [0.4, 0.5) is 5.13 Å². The Labute approximate surface area is 173 Å². The van der Waals surface area contributed by atoms with Gasteiger partial charge in [-0.25, -0.2) is 4.98 Å². The van der Waals surface area contributed by atoms with E-state index in [9.17, 15) is 4.79 Å². The summed E-state index contributed by atoms with van der Waals surface area (Å²) in [4.78, 5) is 24.4. The zero-order valence-corrected chi connectivity index (χ0v) is 17.8. The highest BCUT2D eigenvalue weighted by Crippen LogP contribution is 2.34. The first kappa shape index (κ1) is 19.3. The first-order valence-corrected chi connectivity index (χ1v) is 10.4. The van der Waals surface area contributed by atoms with Gasteiger partial charge in [-0.15, -0.1) is 0 Å². The molecule has 0 bridgehead atoms. The number of nitrogens with zero attached hydrogens (tertiary/aromatic N) is 5. The minimum Gasteiger partial charge on any atom is -0.276 e. The van der Waals surface area contributed by atoms with Crippen LogP contribution in [0.1, 0.15) is 47.1 Å². The molecule has 6 nitrogen and oxygen atoms in total. The maximum absolute atomic E-state index is 13.5. The van der Waals surface area contributed by atoms with Gasteiger partial charge in [0, 0.05) is 25.0 Å². The van der Waals surface area contributed by atoms with Crippen molar-refractivity contribution in [2.75, 3.05) is 4.90 Å². The van der Waals surface area contributed by atoms with Gasteiger partial charge in [-0.2, -0.15) is 5.10 Å². The topological polar surface area (TPSA) is 63.9 Å². The van der Waals surface area contributed by atoms with E-state index in [4.69, 9.17) is 4.98 Å². The fraction of sp³-hybridized carbons (Fsp3) is 0.273. The van der Waals surface area contributed by atoms with Crippen molar-refractivity contribution < 1.29 is 4.79 Å². The minimum atomic E-state index is -0.168. The summed E-state index contributed by atoms with van der Waals surface area (Å²) in [6, 6.07) is 11.9. The van der Waals surface area contributed by atoms with E-state index in [2.05, 4.69) is 36.1 Å². The lowest BCUT2D eigenvalue weighted by molar-refractivity contribution is 0.0978. The molecule has 0 aliphatic rings. The third-order valence-corrected chi connectivity index (χ3v) is 5.84. The van der Waals surface area contributed by atoms with Crippen LogP contribution in [0, 0.1) is 6.92 Å². The Morgan fingerprint density at radius 2 is 2.03 bits per heavy atom. The molecule has 0 atom stereocenters. The maximum atomic E-state index is 13.5. The van der Waals surface area contributed by atoms with E-state index >= 15 is 0 Å². The van der Waals surface area contributed by atoms with Crippen LogP contribution in [0.5, 0.6) is 0 Å². The molecule has 7 heteroatoms. The van der Waals surface area contributed by atoms with Gasteiger partial charge in [-0.3, -0.25) is 19.4 Å². The number of benzene rings is 1. The summed E-state index contributed by atoms with van der Waals surface area (Å²) < 4.78 is 2.74. The summed E-state index contributed by atoms with van der Waals surface area (Å²) in [6.07, 6.45) is 3.58. The molecule has 1 amide bonds. The molecule has 4 aromatic rings. The van der Waals surface area contributed by atoms with Crippen molar-refractivity contribution in [2.24, 2.45) is 7.05 Å². The number of anilines is 1. The smallest absolute Gasteiger partial charge is 0.276 e. The van der Waals surface area contributed by atoms with Crippen LogP contribution < -0.4 is 4.90 Å². The largest absolute Gasteiger partial charge is 0.281 e. The van der Waals surface area contributed by atoms with Gasteiger partial charge in [-0.1, -0.05) is 43.4 Å². The first-order valence-electron chi connectivity index (χ1n) is 9.55. The molecule has 148 valence electrons. The van der Waals surface area contributed by atoms with Crippen LogP contribution in [-0.2, 0) is 13.6 Å². The minimum absolute atomic E-state index is 0.168. The molecule has 0 unspecified atom stereocenters. The van der Waals surface area contributed by atoms with Crippen molar-refractivity contribution in [1.82, 2.24) is 19.7 Å². The summed E-state index contributed by atoms with van der Waals surface area (Å²) in [7, 11) is 1.82. The second-order valence-electron chi connectivity index (χ2n) is 7.39. The predicted molar refractivity (Wildman–Crippen MR) is 116 cm³/mol. The maximum Gasteiger partial charge on any atom is 0.281 e. The summed E-state index contributed by atoms with van der Waals surface area (Å²) in [5.41, 5.74) is 4.22. The van der Waals surface area contributed by atoms with Gasteiger partial charge in [0.15, 0.2) is 10.8 Å². The molecule has 0 fully saturated rings. The van der Waals surface area contributed by atoms with Crippen LogP contribution in [-0.4, -0.2) is 25.7 Å². The van der Waals surface area contributed by atoms with Gasteiger partial charge >= 0.3 is 0 Å². The Bertz CT molecular complexity index is 1160. The average Bonchev–Trinajstić information content (AvgIpc) is 3.28. The quantitative estimate of drug-likeness (QED) is 0.483. The number of amides is 1. The van der Waals surface area contributed by atoms with E-state index in [1.807, 2.05) is 44.4 Å². The van der Waals surface area contributed by atoms with Gasteiger partial charge < -0.3 is 0 Å². The number of rotatable bonds is 5. The van der Waals surface area contributed by atoms with Crippen molar-refractivity contribution >= 4 is 32.6 Å². The zero-order chi connectivity index (χ0) is 20.5. The normalized spacial score (nSPS) is 11.3. The van der Waals surface area contributed by atoms with Gasteiger partial charge in [0.2, 0.25) is 0 Å². The van der Waals surface area contributed by atoms with Gasteiger partial charge in [-0.05, 0) is 36.6 Å². The van der Waals surface area contributed by atoms with Gasteiger partial charge in [0.05, 0.1) is 22.5 Å². The van der Waals surface area contributed by atoms with Crippen molar-refractivity contribution in [3.8, 4) is 0 Å². The van der Waals surface area contributed by atoms with Gasteiger partial charge in [0.25, 0.3) is 5.91 Å². The predicted octanol–water partition coefficient (Wildman–Crippen LogP) is 4.70. The molecule has 29 heavy (non-hydrogen) atoms. The first-order chi connectivity index (χ1) is 13.9. The second kappa shape index (κ2) is 7.75. The van der Waals surface area contributed by atoms with Crippen molar-refractivity contribution in [2.45, 2.75) is 33.2 Å². The highest BCUT2D eigenvalue weighted by Gasteiger charge is 2.26. The lowest BCUT2D eigenvalue weighted by Gasteiger charge is -2.18. The number of carbonyl (C=O) groups is 1. The number of aryl methyl sites for hydroxylation is 2. The van der Waals surface area contributed by atoms with E-state index in [1.165, 1.54) is 16.9 Å². The van der Waals surface area contributed by atoms with Crippen LogP contribution in [0.15, 0.2) is 48.8 Å². The lowest BCUT2D eigenvalue weighted by atomic mass is 10.0. The standard InChI is InChI=1S/C22H23N5OS/c1-14(2)17-9-7-10-18-20(17)24-22(29-18)27(13-16-8-5-6-11-23-16)21(28)19-15(3)12-26(4)25-19/h5-12,14H,13H2,1-4H3. The SMILES string of the molecule is Cc1cn(C)nc1C(=O)N(Cc1ccccn1)c1nc2c(C(C)C)cccc2s1. The number of hydrogen-bond donors (Lipinski definition) is 0. The van der Waals surface area contributed by atoms with Crippen LogP contribution >= 0.6 is 11.3 Å². The molecule has 4 rings (SSSR count). The molecular weight excluding hydrogens is 382 g/mol. The van der Waals surface area contributed by atoms with Gasteiger partial charge in [0.1, 0.15) is 0 Å². The summed E-state index contributed by atoms with van der Waals surface area (Å²) in [5.74, 6) is 0.186. The van der Waals surface area contributed by atoms with E-state index in [0.717, 1.165) is 21.5 Å². The lowest BCUT2D eigenvalue weighted by Crippen LogP contribution is -2.31. The van der Waals surface area contributed by atoms with Crippen molar-refractivity contribution in [3.63, 3.8) is 0 Å². The molecule has 1 aromatic carbocycles. The molecule has 0 aliphatic heterocycles. The number of thiazole rings is 1. The molecule has 0 radical (unpaired) electrons. The second-order valence-corrected chi connectivity index (χ2v) is 8.40. The monoisotopic (exact) mass is 405 g/mol. The van der Waals surface area contributed by atoms with E-state index in [1.54, 1.807) is 15.8 Å². The van der Waals surface area contributed by atoms with E-state index in [-0.39, 0.29) is 5.91 Å². The summed E-state index contributed by atoms with van der Waals surface area (Å²) >= 11 is 1.52. The van der Waals surface area contributed by atoms with Crippen molar-refractivity contribution in [3.05, 3.63) is 71.3 Å². The number of carbonyl (C=O) groups excluding carboxylic acids is 1. The van der Waals surface area contributed by atoms with E-state index < -0.39 is 0 Å². The number of aromatic nitrogens is 4. The molecule has 3 aromatic heterocycles. The third kappa shape index (κ3) is 3.78. The fourth-order valence-electron chi connectivity index (χ4n) is 3.37. The fourth-order valence-corrected chi connectivity index (χ4v) is 4.36. The van der Waals surface area contributed by atoms with Crippen LogP contribution in [0.2, 0.25) is 0 Å². The zero-order valence-electron chi connectivity index (χ0n) is 17.0. The number of pyridine rings is 1. The Kier molecular flexibility index (Phi) is 5.15. The molecule has 0 aliphatic carbocycles. The third-order valence-electron chi connectivity index (χ3n) is 4.80. The van der Waals surface area contributed by atoms with E-state index in [0.29, 0.717) is 23.3 Å². The highest BCUT2D eigenvalue weighted by molar-refractivity contribution is 7.22. The molecule has 0 saturated heterocycles. The Morgan fingerprint density at radius 3 is 2.69 bits per heavy atom. The summed E-state index contributed by atoms with van der Waals surface area (Å²) in [6.45, 7) is 6.55. The van der Waals surface area contributed by atoms with Crippen molar-refractivity contribution in [1.29, 1.82) is 0 Å². The Balaban J connectivity index is 1.82. The average molecular weight is 406 g/mol. The molecule has 0 spiro atoms. The molecular formula is C22H23N5OS.